The molecule has 5 heteroatoms. The van der Waals surface area contributed by atoms with Gasteiger partial charge in [-0.05, 0) is 42.7 Å². The number of fused-ring (bicyclic) bond motifs is 1. The summed E-state index contributed by atoms with van der Waals surface area (Å²) >= 11 is 0. The zero-order valence-electron chi connectivity index (χ0n) is 13.5. The van der Waals surface area contributed by atoms with Crippen LogP contribution in [0.15, 0.2) is 48.8 Å². The summed E-state index contributed by atoms with van der Waals surface area (Å²) < 4.78 is 5.22. The van der Waals surface area contributed by atoms with E-state index in [0.717, 1.165) is 41.7 Å². The van der Waals surface area contributed by atoms with E-state index in [2.05, 4.69) is 9.97 Å². The summed E-state index contributed by atoms with van der Waals surface area (Å²) in [5.41, 5.74) is 2.60. The smallest absolute Gasteiger partial charge is 0.256 e. The van der Waals surface area contributed by atoms with Crippen LogP contribution in [-0.2, 0) is 0 Å². The maximum atomic E-state index is 13.1. The van der Waals surface area contributed by atoms with Crippen LogP contribution < -0.4 is 4.74 Å². The van der Waals surface area contributed by atoms with Crippen LogP contribution in [0.4, 0.5) is 0 Å². The van der Waals surface area contributed by atoms with Crippen molar-refractivity contribution in [1.82, 2.24) is 14.9 Å². The van der Waals surface area contributed by atoms with Gasteiger partial charge in [-0.1, -0.05) is 12.1 Å². The summed E-state index contributed by atoms with van der Waals surface area (Å²) in [5, 5.41) is 0.878. The van der Waals surface area contributed by atoms with E-state index >= 15 is 0 Å². The molecule has 122 valence electrons. The fourth-order valence-electron chi connectivity index (χ4n) is 3.47. The van der Waals surface area contributed by atoms with Gasteiger partial charge in [0.1, 0.15) is 11.4 Å². The van der Waals surface area contributed by atoms with Crippen molar-refractivity contribution in [2.75, 3.05) is 13.7 Å². The summed E-state index contributed by atoms with van der Waals surface area (Å²) in [4.78, 5) is 22.4. The predicted molar refractivity (Wildman–Crippen MR) is 92.1 cm³/mol. The molecule has 5 nitrogen and oxygen atoms in total. The molecule has 0 unspecified atom stereocenters. The Morgan fingerprint density at radius 2 is 2.12 bits per heavy atom. The lowest BCUT2D eigenvalue weighted by molar-refractivity contribution is 0.0737. The molecule has 24 heavy (non-hydrogen) atoms. The molecule has 2 aromatic heterocycles. The number of ether oxygens (including phenoxy) is 1. The molecule has 1 amide bonds. The Bertz CT molecular complexity index is 870. The number of aromatic nitrogens is 2. The van der Waals surface area contributed by atoms with Crippen molar-refractivity contribution in [3.8, 4) is 5.75 Å². The largest absolute Gasteiger partial charge is 0.497 e. The Morgan fingerprint density at radius 3 is 2.92 bits per heavy atom. The highest BCUT2D eigenvalue weighted by molar-refractivity contribution is 6.06. The number of pyridine rings is 1. The van der Waals surface area contributed by atoms with Crippen molar-refractivity contribution in [2.45, 2.75) is 18.9 Å². The average Bonchev–Trinajstić information content (AvgIpc) is 3.28. The fourth-order valence-corrected chi connectivity index (χ4v) is 3.47. The fraction of sp³-hybridized carbons (Fsp3) is 0.263. The molecule has 4 rings (SSSR count). The van der Waals surface area contributed by atoms with Crippen molar-refractivity contribution in [3.05, 3.63) is 59.9 Å². The predicted octanol–water partition coefficient (Wildman–Crippen LogP) is 3.55. The lowest BCUT2D eigenvalue weighted by Gasteiger charge is -2.25. The first-order chi connectivity index (χ1) is 11.8. The molecular formula is C19H19N3O2. The highest BCUT2D eigenvalue weighted by Crippen LogP contribution is 2.34. The van der Waals surface area contributed by atoms with Gasteiger partial charge < -0.3 is 14.6 Å². The summed E-state index contributed by atoms with van der Waals surface area (Å²) in [7, 11) is 1.66. The van der Waals surface area contributed by atoms with Crippen LogP contribution in [0.1, 0.15) is 34.8 Å². The minimum atomic E-state index is 0.0626. The van der Waals surface area contributed by atoms with E-state index in [0.29, 0.717) is 5.56 Å². The van der Waals surface area contributed by atoms with Gasteiger partial charge in [0.2, 0.25) is 0 Å². The first kappa shape index (κ1) is 14.8. The van der Waals surface area contributed by atoms with Crippen molar-refractivity contribution in [1.29, 1.82) is 0 Å². The van der Waals surface area contributed by atoms with Crippen molar-refractivity contribution in [3.63, 3.8) is 0 Å². The van der Waals surface area contributed by atoms with E-state index in [1.54, 1.807) is 19.5 Å². The number of carbonyl (C=O) groups is 1. The van der Waals surface area contributed by atoms with Gasteiger partial charge in [0.15, 0.2) is 0 Å². The Labute approximate surface area is 140 Å². The van der Waals surface area contributed by atoms with E-state index in [-0.39, 0.29) is 11.9 Å². The number of carbonyl (C=O) groups excluding carboxylic acids is 1. The number of likely N-dealkylation sites (tertiary alicyclic amines) is 1. The van der Waals surface area contributed by atoms with Gasteiger partial charge in [-0.25, -0.2) is 4.98 Å². The number of methoxy groups -OCH3 is 1. The van der Waals surface area contributed by atoms with Crippen molar-refractivity contribution >= 4 is 16.9 Å². The second kappa shape index (κ2) is 6.00. The summed E-state index contributed by atoms with van der Waals surface area (Å²) in [6, 6.07) is 11.9. The maximum absolute atomic E-state index is 13.1. The number of hydrogen-bond acceptors (Lipinski definition) is 3. The first-order valence-electron chi connectivity index (χ1n) is 8.15. The molecule has 0 bridgehead atoms. The average molecular weight is 321 g/mol. The molecule has 1 N–H and O–H groups in total. The molecular weight excluding hydrogens is 302 g/mol. The molecule has 3 heterocycles. The van der Waals surface area contributed by atoms with E-state index in [9.17, 15) is 4.79 Å². The number of amides is 1. The van der Waals surface area contributed by atoms with Crippen molar-refractivity contribution < 1.29 is 9.53 Å². The third-order valence-electron chi connectivity index (χ3n) is 4.70. The van der Waals surface area contributed by atoms with Crippen LogP contribution in [-0.4, -0.2) is 34.4 Å². The highest BCUT2D eigenvalue weighted by Gasteiger charge is 2.31. The van der Waals surface area contributed by atoms with Crippen LogP contribution >= 0.6 is 0 Å². The minimum absolute atomic E-state index is 0.0626. The van der Waals surface area contributed by atoms with Gasteiger partial charge in [0.25, 0.3) is 5.91 Å². The number of hydrogen-bond donors (Lipinski definition) is 1. The topological polar surface area (TPSA) is 58.2 Å². The van der Waals surface area contributed by atoms with E-state index in [1.807, 2.05) is 41.3 Å². The molecule has 0 radical (unpaired) electrons. The zero-order chi connectivity index (χ0) is 16.5. The minimum Gasteiger partial charge on any atom is -0.497 e. The van der Waals surface area contributed by atoms with Gasteiger partial charge in [-0.15, -0.1) is 0 Å². The number of nitrogens with one attached hydrogen (secondary N) is 1. The second-order valence-electron chi connectivity index (χ2n) is 6.03. The van der Waals surface area contributed by atoms with E-state index < -0.39 is 0 Å². The molecule has 1 atom stereocenters. The number of rotatable bonds is 3. The Kier molecular flexibility index (Phi) is 3.69. The number of H-pyrrole nitrogens is 1. The van der Waals surface area contributed by atoms with Gasteiger partial charge >= 0.3 is 0 Å². The van der Waals surface area contributed by atoms with Crippen LogP contribution in [0, 0.1) is 0 Å². The zero-order valence-corrected chi connectivity index (χ0v) is 13.5. The van der Waals surface area contributed by atoms with Crippen LogP contribution in [0.5, 0.6) is 5.75 Å². The SMILES string of the molecule is COc1ccc([C@H]2CCCN2C(=O)c2c[nH]c3ncccc23)cc1. The molecule has 0 spiro atoms. The molecule has 1 aromatic carbocycles. The number of nitrogens with zero attached hydrogens (tertiary/aromatic N) is 2. The van der Waals surface area contributed by atoms with Gasteiger partial charge in [0, 0.05) is 24.3 Å². The molecule has 0 saturated carbocycles. The Morgan fingerprint density at radius 1 is 1.29 bits per heavy atom. The normalized spacial score (nSPS) is 17.4. The molecule has 1 aliphatic rings. The standard InChI is InChI=1S/C19H19N3O2/c1-24-14-8-6-13(7-9-14)17-5-3-11-22(17)19(23)16-12-21-18-15(16)4-2-10-20-18/h2,4,6-10,12,17H,3,5,11H2,1H3,(H,20,21)/t17-/m1/s1. The molecule has 0 aliphatic carbocycles. The van der Waals surface area contributed by atoms with Crippen LogP contribution in [0.3, 0.4) is 0 Å². The van der Waals surface area contributed by atoms with E-state index in [4.69, 9.17) is 4.74 Å². The quantitative estimate of drug-likeness (QED) is 0.802. The molecule has 1 saturated heterocycles. The van der Waals surface area contributed by atoms with E-state index in [1.165, 1.54) is 0 Å². The Hall–Kier alpha value is -2.82. The number of benzene rings is 1. The summed E-state index contributed by atoms with van der Waals surface area (Å²) in [5.74, 6) is 0.893. The lowest BCUT2D eigenvalue weighted by Crippen LogP contribution is -2.30. The Balaban J connectivity index is 1.65. The maximum Gasteiger partial charge on any atom is 0.256 e. The third-order valence-corrected chi connectivity index (χ3v) is 4.70. The third kappa shape index (κ3) is 2.42. The van der Waals surface area contributed by atoms with Crippen molar-refractivity contribution in [2.24, 2.45) is 0 Å². The second-order valence-corrected chi connectivity index (χ2v) is 6.03. The number of aromatic amines is 1. The first-order valence-corrected chi connectivity index (χ1v) is 8.15. The molecule has 3 aromatic rings. The van der Waals surface area contributed by atoms with Gasteiger partial charge in [-0.2, -0.15) is 0 Å². The van der Waals surface area contributed by atoms with Crippen LogP contribution in [0.25, 0.3) is 11.0 Å². The lowest BCUT2D eigenvalue weighted by atomic mass is 10.0. The van der Waals surface area contributed by atoms with Gasteiger partial charge in [0.05, 0.1) is 18.7 Å². The summed E-state index contributed by atoms with van der Waals surface area (Å²) in [6.45, 7) is 0.780. The monoisotopic (exact) mass is 321 g/mol. The highest BCUT2D eigenvalue weighted by atomic mass is 16.5. The summed E-state index contributed by atoms with van der Waals surface area (Å²) in [6.07, 6.45) is 5.49. The van der Waals surface area contributed by atoms with Crippen LogP contribution in [0.2, 0.25) is 0 Å². The van der Waals surface area contributed by atoms with Gasteiger partial charge in [-0.3, -0.25) is 4.79 Å². The molecule has 1 fully saturated rings. The molecule has 1 aliphatic heterocycles.